The maximum atomic E-state index is 12.8. The molecule has 0 N–H and O–H groups in total. The SMILES string of the molecule is CC1(C)CCc2nc3cc(/C=C/c4ccccn4)ccc3c(=O)n2C1.Cl. The maximum Gasteiger partial charge on any atom is 0.261 e. The van der Waals surface area contributed by atoms with Gasteiger partial charge in [-0.15, -0.1) is 12.4 Å². The molecule has 0 radical (unpaired) electrons. The molecule has 2 aromatic heterocycles. The lowest BCUT2D eigenvalue weighted by atomic mass is 9.85. The summed E-state index contributed by atoms with van der Waals surface area (Å²) >= 11 is 0. The Kier molecular flexibility index (Phi) is 4.97. The van der Waals surface area contributed by atoms with Crippen LogP contribution in [0.25, 0.3) is 23.1 Å². The van der Waals surface area contributed by atoms with Crippen molar-refractivity contribution in [1.82, 2.24) is 14.5 Å². The summed E-state index contributed by atoms with van der Waals surface area (Å²) in [6.07, 6.45) is 7.66. The number of fused-ring (bicyclic) bond motifs is 2. The molecule has 0 saturated carbocycles. The molecule has 0 aliphatic carbocycles. The summed E-state index contributed by atoms with van der Waals surface area (Å²) in [7, 11) is 0. The van der Waals surface area contributed by atoms with Crippen LogP contribution in [0.2, 0.25) is 0 Å². The van der Waals surface area contributed by atoms with Crippen LogP contribution in [0.1, 0.15) is 37.4 Å². The Morgan fingerprint density at radius 1 is 1.15 bits per heavy atom. The molecule has 3 aromatic rings. The molecule has 3 heterocycles. The molecule has 0 saturated heterocycles. The minimum absolute atomic E-state index is 0. The van der Waals surface area contributed by atoms with E-state index in [2.05, 4.69) is 18.8 Å². The quantitative estimate of drug-likeness (QED) is 0.676. The van der Waals surface area contributed by atoms with E-state index in [9.17, 15) is 4.79 Å². The monoisotopic (exact) mass is 367 g/mol. The number of pyridine rings is 1. The summed E-state index contributed by atoms with van der Waals surface area (Å²) in [4.78, 5) is 21.9. The van der Waals surface area contributed by atoms with Crippen LogP contribution in [0.5, 0.6) is 0 Å². The van der Waals surface area contributed by atoms with Crippen LogP contribution in [0.3, 0.4) is 0 Å². The van der Waals surface area contributed by atoms with Gasteiger partial charge < -0.3 is 0 Å². The van der Waals surface area contributed by atoms with Gasteiger partial charge in [-0.2, -0.15) is 0 Å². The fraction of sp³-hybridized carbons (Fsp3) is 0.286. The second kappa shape index (κ2) is 7.04. The molecular weight excluding hydrogens is 346 g/mol. The highest BCUT2D eigenvalue weighted by atomic mass is 35.5. The maximum absolute atomic E-state index is 12.8. The Bertz CT molecular complexity index is 1020. The molecule has 0 unspecified atom stereocenters. The lowest BCUT2D eigenvalue weighted by Gasteiger charge is -2.31. The number of rotatable bonds is 2. The Balaban J connectivity index is 0.00000196. The van der Waals surface area contributed by atoms with E-state index in [1.165, 1.54) is 0 Å². The predicted octanol–water partition coefficient (Wildman–Crippen LogP) is 4.36. The summed E-state index contributed by atoms with van der Waals surface area (Å²) in [6, 6.07) is 11.7. The highest BCUT2D eigenvalue weighted by molar-refractivity contribution is 5.85. The molecule has 134 valence electrons. The molecular formula is C21H22ClN3O. The second-order valence-corrected chi connectivity index (χ2v) is 7.45. The van der Waals surface area contributed by atoms with Crippen molar-refractivity contribution in [3.8, 4) is 0 Å². The lowest BCUT2D eigenvalue weighted by Crippen LogP contribution is -2.36. The molecule has 0 fully saturated rings. The van der Waals surface area contributed by atoms with Gasteiger partial charge in [-0.05, 0) is 47.7 Å². The van der Waals surface area contributed by atoms with Gasteiger partial charge in [0.15, 0.2) is 0 Å². The van der Waals surface area contributed by atoms with Gasteiger partial charge in [0, 0.05) is 19.2 Å². The van der Waals surface area contributed by atoms with Crippen molar-refractivity contribution in [3.63, 3.8) is 0 Å². The van der Waals surface area contributed by atoms with Crippen LogP contribution in [0, 0.1) is 5.41 Å². The predicted molar refractivity (Wildman–Crippen MR) is 109 cm³/mol. The molecule has 0 bridgehead atoms. The molecule has 4 rings (SSSR count). The zero-order valence-corrected chi connectivity index (χ0v) is 15.8. The van der Waals surface area contributed by atoms with Gasteiger partial charge in [-0.3, -0.25) is 14.3 Å². The van der Waals surface area contributed by atoms with Crippen LogP contribution >= 0.6 is 12.4 Å². The summed E-state index contributed by atoms with van der Waals surface area (Å²) in [5.74, 6) is 0.905. The van der Waals surface area contributed by atoms with Gasteiger partial charge in [0.2, 0.25) is 0 Å². The van der Waals surface area contributed by atoms with E-state index >= 15 is 0 Å². The summed E-state index contributed by atoms with van der Waals surface area (Å²) in [6.45, 7) is 5.15. The van der Waals surface area contributed by atoms with Gasteiger partial charge in [0.25, 0.3) is 5.56 Å². The molecule has 0 amide bonds. The number of nitrogens with zero attached hydrogens (tertiary/aromatic N) is 3. The van der Waals surface area contributed by atoms with Gasteiger partial charge in [-0.25, -0.2) is 4.98 Å². The zero-order chi connectivity index (χ0) is 17.4. The number of benzene rings is 1. The third kappa shape index (κ3) is 3.56. The molecule has 4 nitrogen and oxygen atoms in total. The first-order chi connectivity index (χ1) is 12.0. The smallest absolute Gasteiger partial charge is 0.261 e. The lowest BCUT2D eigenvalue weighted by molar-refractivity contribution is 0.240. The largest absolute Gasteiger partial charge is 0.296 e. The van der Waals surface area contributed by atoms with Crippen LogP contribution < -0.4 is 5.56 Å². The van der Waals surface area contributed by atoms with E-state index < -0.39 is 0 Å². The van der Waals surface area contributed by atoms with Crippen molar-refractivity contribution >= 4 is 35.5 Å². The van der Waals surface area contributed by atoms with E-state index in [1.807, 2.05) is 53.1 Å². The zero-order valence-electron chi connectivity index (χ0n) is 15.0. The van der Waals surface area contributed by atoms with E-state index in [4.69, 9.17) is 4.98 Å². The van der Waals surface area contributed by atoms with Crippen LogP contribution in [-0.4, -0.2) is 14.5 Å². The van der Waals surface area contributed by atoms with E-state index in [0.717, 1.165) is 42.0 Å². The molecule has 0 spiro atoms. The van der Waals surface area contributed by atoms with Gasteiger partial charge in [0.05, 0.1) is 16.6 Å². The number of aromatic nitrogens is 3. The van der Waals surface area contributed by atoms with Crippen molar-refractivity contribution in [2.45, 2.75) is 33.2 Å². The van der Waals surface area contributed by atoms with Crippen LogP contribution in [0.15, 0.2) is 47.4 Å². The number of halogens is 1. The summed E-state index contributed by atoms with van der Waals surface area (Å²) in [5.41, 5.74) is 2.93. The van der Waals surface area contributed by atoms with Crippen molar-refractivity contribution in [2.24, 2.45) is 5.41 Å². The van der Waals surface area contributed by atoms with Crippen molar-refractivity contribution in [1.29, 1.82) is 0 Å². The van der Waals surface area contributed by atoms with E-state index in [1.54, 1.807) is 6.20 Å². The molecule has 1 aliphatic rings. The topological polar surface area (TPSA) is 47.8 Å². The highest BCUT2D eigenvalue weighted by Gasteiger charge is 2.27. The number of hydrogen-bond acceptors (Lipinski definition) is 3. The highest BCUT2D eigenvalue weighted by Crippen LogP contribution is 2.29. The van der Waals surface area contributed by atoms with Crippen molar-refractivity contribution in [2.75, 3.05) is 0 Å². The van der Waals surface area contributed by atoms with Gasteiger partial charge >= 0.3 is 0 Å². The van der Waals surface area contributed by atoms with E-state index in [-0.39, 0.29) is 23.4 Å². The first-order valence-electron chi connectivity index (χ1n) is 8.64. The normalized spacial score (nSPS) is 15.6. The third-order valence-corrected chi connectivity index (χ3v) is 4.80. The third-order valence-electron chi connectivity index (χ3n) is 4.80. The Hall–Kier alpha value is -2.46. The average molecular weight is 368 g/mol. The minimum Gasteiger partial charge on any atom is -0.296 e. The number of hydrogen-bond donors (Lipinski definition) is 0. The fourth-order valence-electron chi connectivity index (χ4n) is 3.36. The van der Waals surface area contributed by atoms with Crippen molar-refractivity contribution in [3.05, 3.63) is 70.0 Å². The van der Waals surface area contributed by atoms with Gasteiger partial charge in [-0.1, -0.05) is 32.1 Å². The first kappa shape index (κ1) is 18.3. The molecule has 26 heavy (non-hydrogen) atoms. The molecule has 1 aromatic carbocycles. The second-order valence-electron chi connectivity index (χ2n) is 7.45. The standard InChI is InChI=1S/C21H21N3O.ClH/c1-21(2)11-10-19-23-18-13-15(6-8-16-5-3-4-12-22-16)7-9-17(18)20(25)24(19)14-21;/h3-9,12-13H,10-11,14H2,1-2H3;1H/b8-6+;. The molecule has 1 aliphatic heterocycles. The first-order valence-corrected chi connectivity index (χ1v) is 8.64. The summed E-state index contributed by atoms with van der Waals surface area (Å²) < 4.78 is 1.86. The summed E-state index contributed by atoms with van der Waals surface area (Å²) in [5, 5.41) is 0.691. The van der Waals surface area contributed by atoms with E-state index in [0.29, 0.717) is 5.39 Å². The molecule has 5 heteroatoms. The van der Waals surface area contributed by atoms with Crippen LogP contribution in [-0.2, 0) is 13.0 Å². The Labute approximate surface area is 159 Å². The Morgan fingerprint density at radius 2 is 2.00 bits per heavy atom. The Morgan fingerprint density at radius 3 is 2.77 bits per heavy atom. The van der Waals surface area contributed by atoms with Crippen LogP contribution in [0.4, 0.5) is 0 Å². The van der Waals surface area contributed by atoms with Gasteiger partial charge in [0.1, 0.15) is 5.82 Å². The number of aryl methyl sites for hydroxylation is 1. The van der Waals surface area contributed by atoms with Crippen molar-refractivity contribution < 1.29 is 0 Å². The fourth-order valence-corrected chi connectivity index (χ4v) is 3.36. The average Bonchev–Trinajstić information content (AvgIpc) is 2.61. The minimum atomic E-state index is 0. The molecule has 0 atom stereocenters.